The third-order valence-corrected chi connectivity index (χ3v) is 12.4. The van der Waals surface area contributed by atoms with Crippen LogP contribution in [0.15, 0.2) is 223 Å². The Bertz CT molecular complexity index is 3860. The highest BCUT2D eigenvalue weighted by Gasteiger charge is 2.24. The van der Waals surface area contributed by atoms with Crippen LogP contribution in [0.4, 0.5) is 0 Å². The van der Waals surface area contributed by atoms with Crippen molar-refractivity contribution in [3.63, 3.8) is 0 Å². The summed E-state index contributed by atoms with van der Waals surface area (Å²) in [6.07, 6.45) is 0. The van der Waals surface area contributed by atoms with Crippen molar-refractivity contribution in [3.8, 4) is 79.8 Å². The summed E-state index contributed by atoms with van der Waals surface area (Å²) < 4.78 is 11.0. The van der Waals surface area contributed by atoms with Crippen molar-refractivity contribution in [2.24, 2.45) is 0 Å². The van der Waals surface area contributed by atoms with E-state index in [4.69, 9.17) is 34.6 Å². The van der Waals surface area contributed by atoms with E-state index in [0.29, 0.717) is 23.7 Å². The van der Waals surface area contributed by atoms with Crippen molar-refractivity contribution >= 4 is 43.6 Å². The average molecular weight is 861 g/mol. The summed E-state index contributed by atoms with van der Waals surface area (Å²) in [7, 11) is 0. The van der Waals surface area contributed by atoms with Crippen molar-refractivity contribution in [1.82, 2.24) is 39.3 Å². The summed E-state index contributed by atoms with van der Waals surface area (Å²) in [6, 6.07) is 74.2. The number of fused-ring (bicyclic) bond motifs is 6. The molecule has 0 aliphatic carbocycles. The van der Waals surface area contributed by atoms with Crippen molar-refractivity contribution in [2.75, 3.05) is 0 Å². The second kappa shape index (κ2) is 15.7. The number of para-hydroxylation sites is 3. The predicted molar refractivity (Wildman–Crippen MR) is 267 cm³/mol. The Morgan fingerprint density at radius 3 is 1.25 bits per heavy atom. The zero-order chi connectivity index (χ0) is 44.3. The lowest BCUT2D eigenvalue weighted by atomic mass is 10.1. The molecule has 0 aliphatic rings. The highest BCUT2D eigenvalue weighted by molar-refractivity contribution is 6.13. The molecule has 0 fully saturated rings. The molecule has 0 spiro atoms. The fourth-order valence-electron chi connectivity index (χ4n) is 9.26. The minimum Gasteiger partial charge on any atom is -0.416 e. The van der Waals surface area contributed by atoms with Crippen LogP contribution >= 0.6 is 0 Å². The zero-order valence-corrected chi connectivity index (χ0v) is 35.8. The SMILES string of the molecule is c1ccc(-c2cc(-c3ccccc3)nc(-n3c4ccccc4c4ccc(-c5nnc(-c6cccc7c8ccccc8n(-c8nc(-c9ccccc9)cc(-c9ccccc9)n8)c67)o5)cc43)n2)cc1. The molecule has 0 N–H and O–H groups in total. The van der Waals surface area contributed by atoms with E-state index in [2.05, 4.69) is 124 Å². The highest BCUT2D eigenvalue weighted by atomic mass is 16.4. The first-order valence-corrected chi connectivity index (χ1v) is 22.1. The molecule has 0 unspecified atom stereocenters. The van der Waals surface area contributed by atoms with Crippen LogP contribution in [0.3, 0.4) is 0 Å². The standard InChI is InChI=1S/C58H36N8O/c1-5-18-37(19-6-1)47-35-48(38-20-7-2-8-21-38)60-57(59-47)65-51-30-15-13-26-42(51)44-33-32-41(34-53(44)65)55-63-64-56(67-55)46-29-17-28-45-43-27-14-16-31-52(43)66(54(45)46)58-61-49(39-22-9-3-10-23-39)36-50(62-58)40-24-11-4-12-25-40/h1-36H. The molecule has 0 saturated heterocycles. The summed E-state index contributed by atoms with van der Waals surface area (Å²) in [4.78, 5) is 21.0. The van der Waals surface area contributed by atoms with Gasteiger partial charge >= 0.3 is 0 Å². The minimum atomic E-state index is 0.374. The molecule has 13 rings (SSSR count). The Hall–Kier alpha value is -9.34. The number of benzene rings is 8. The van der Waals surface area contributed by atoms with Crippen LogP contribution in [0, 0.1) is 0 Å². The maximum absolute atomic E-state index is 6.74. The van der Waals surface area contributed by atoms with Gasteiger partial charge in [-0.3, -0.25) is 9.13 Å². The zero-order valence-electron chi connectivity index (χ0n) is 35.8. The average Bonchev–Trinajstić information content (AvgIpc) is 4.13. The van der Waals surface area contributed by atoms with Crippen LogP contribution in [-0.4, -0.2) is 39.3 Å². The summed E-state index contributed by atoms with van der Waals surface area (Å²) >= 11 is 0. The molecule has 0 aliphatic heterocycles. The Morgan fingerprint density at radius 1 is 0.299 bits per heavy atom. The van der Waals surface area contributed by atoms with Gasteiger partial charge in [-0.25, -0.2) is 19.9 Å². The van der Waals surface area contributed by atoms with E-state index in [1.807, 2.05) is 103 Å². The third kappa shape index (κ3) is 6.56. The topological polar surface area (TPSA) is 100 Å². The molecule has 9 heteroatoms. The fraction of sp³-hybridized carbons (Fsp3) is 0. The van der Waals surface area contributed by atoms with Crippen LogP contribution < -0.4 is 0 Å². The van der Waals surface area contributed by atoms with Gasteiger partial charge in [-0.15, -0.1) is 10.2 Å². The van der Waals surface area contributed by atoms with E-state index in [1.54, 1.807) is 0 Å². The van der Waals surface area contributed by atoms with Crippen LogP contribution in [0.5, 0.6) is 0 Å². The van der Waals surface area contributed by atoms with Crippen LogP contribution in [0.2, 0.25) is 0 Å². The lowest BCUT2D eigenvalue weighted by Gasteiger charge is -2.12. The smallest absolute Gasteiger partial charge is 0.250 e. The molecule has 0 radical (unpaired) electrons. The molecular formula is C58H36N8O. The van der Waals surface area contributed by atoms with Gasteiger partial charge in [0.2, 0.25) is 23.7 Å². The molecule has 67 heavy (non-hydrogen) atoms. The van der Waals surface area contributed by atoms with Gasteiger partial charge < -0.3 is 4.42 Å². The molecular weight excluding hydrogens is 825 g/mol. The quantitative estimate of drug-likeness (QED) is 0.150. The molecule has 8 aromatic carbocycles. The Morgan fingerprint density at radius 2 is 0.716 bits per heavy atom. The molecule has 5 heterocycles. The lowest BCUT2D eigenvalue weighted by Crippen LogP contribution is -2.04. The van der Waals surface area contributed by atoms with E-state index in [0.717, 1.165) is 99.8 Å². The summed E-state index contributed by atoms with van der Waals surface area (Å²) in [5.74, 6) is 1.85. The monoisotopic (exact) mass is 860 g/mol. The number of nitrogens with zero attached hydrogens (tertiary/aromatic N) is 8. The molecule has 314 valence electrons. The Kier molecular flexibility index (Phi) is 8.95. The maximum atomic E-state index is 6.74. The van der Waals surface area contributed by atoms with Crippen molar-refractivity contribution in [2.45, 2.75) is 0 Å². The summed E-state index contributed by atoms with van der Waals surface area (Å²) in [5.41, 5.74) is 12.5. The first-order valence-electron chi connectivity index (χ1n) is 22.1. The van der Waals surface area contributed by atoms with E-state index in [1.165, 1.54) is 0 Å². The number of hydrogen-bond donors (Lipinski definition) is 0. The van der Waals surface area contributed by atoms with Gasteiger partial charge in [0, 0.05) is 49.4 Å². The van der Waals surface area contributed by atoms with Crippen molar-refractivity contribution < 1.29 is 4.42 Å². The molecule has 0 atom stereocenters. The van der Waals surface area contributed by atoms with E-state index >= 15 is 0 Å². The summed E-state index contributed by atoms with van der Waals surface area (Å²) in [6.45, 7) is 0. The molecule has 0 amide bonds. The van der Waals surface area contributed by atoms with E-state index < -0.39 is 0 Å². The van der Waals surface area contributed by atoms with Gasteiger partial charge in [0.25, 0.3) is 0 Å². The molecule has 5 aromatic heterocycles. The third-order valence-electron chi connectivity index (χ3n) is 12.4. The number of rotatable bonds is 8. The van der Waals surface area contributed by atoms with Gasteiger partial charge in [0.05, 0.1) is 50.4 Å². The van der Waals surface area contributed by atoms with Gasteiger partial charge in [0.1, 0.15) is 0 Å². The van der Waals surface area contributed by atoms with Gasteiger partial charge in [-0.1, -0.05) is 176 Å². The number of hydrogen-bond acceptors (Lipinski definition) is 7. The van der Waals surface area contributed by atoms with Crippen molar-refractivity contribution in [3.05, 3.63) is 218 Å². The predicted octanol–water partition coefficient (Wildman–Crippen LogP) is 13.8. The fourth-order valence-corrected chi connectivity index (χ4v) is 9.26. The first kappa shape index (κ1) is 38.1. The second-order valence-corrected chi connectivity index (χ2v) is 16.4. The van der Waals surface area contributed by atoms with Crippen LogP contribution in [-0.2, 0) is 0 Å². The normalized spacial score (nSPS) is 11.6. The molecule has 0 bridgehead atoms. The van der Waals surface area contributed by atoms with E-state index in [9.17, 15) is 0 Å². The van der Waals surface area contributed by atoms with Gasteiger partial charge in [-0.05, 0) is 42.5 Å². The first-order chi connectivity index (χ1) is 33.2. The maximum Gasteiger partial charge on any atom is 0.250 e. The Balaban J connectivity index is 0.984. The second-order valence-electron chi connectivity index (χ2n) is 16.4. The van der Waals surface area contributed by atoms with Crippen LogP contribution in [0.1, 0.15) is 0 Å². The number of aromatic nitrogens is 8. The van der Waals surface area contributed by atoms with Gasteiger partial charge in [-0.2, -0.15) is 0 Å². The van der Waals surface area contributed by atoms with Crippen molar-refractivity contribution in [1.29, 1.82) is 0 Å². The summed E-state index contributed by atoms with van der Waals surface area (Å²) in [5, 5.41) is 13.7. The minimum absolute atomic E-state index is 0.374. The van der Waals surface area contributed by atoms with Crippen LogP contribution in [0.25, 0.3) is 123 Å². The largest absolute Gasteiger partial charge is 0.416 e. The molecule has 13 aromatic rings. The molecule has 9 nitrogen and oxygen atoms in total. The lowest BCUT2D eigenvalue weighted by molar-refractivity contribution is 0.585. The highest BCUT2D eigenvalue weighted by Crippen LogP contribution is 2.40. The molecule has 0 saturated carbocycles. The van der Waals surface area contributed by atoms with E-state index in [-0.39, 0.29) is 0 Å². The van der Waals surface area contributed by atoms with Gasteiger partial charge in [0.15, 0.2) is 0 Å². The Labute approximate surface area is 384 Å².